The Balaban J connectivity index is 1.46. The van der Waals surface area contributed by atoms with Gasteiger partial charge in [-0.2, -0.15) is 0 Å². The van der Waals surface area contributed by atoms with Gasteiger partial charge in [0.05, 0.1) is 5.39 Å². The van der Waals surface area contributed by atoms with Crippen molar-refractivity contribution >= 4 is 16.9 Å². The Morgan fingerprint density at radius 2 is 1.87 bits per heavy atom. The van der Waals surface area contributed by atoms with Crippen molar-refractivity contribution in [2.75, 3.05) is 0 Å². The van der Waals surface area contributed by atoms with Crippen molar-refractivity contribution in [2.24, 2.45) is 0 Å². The zero-order chi connectivity index (χ0) is 21.8. The maximum Gasteiger partial charge on any atom is 0.347 e. The molecule has 1 heterocycles. The number of rotatable bonds is 6. The third kappa shape index (κ3) is 5.08. The van der Waals surface area contributed by atoms with Crippen LogP contribution < -0.4 is 14.9 Å². The molecular weight excluding hydrogens is 396 g/mol. The van der Waals surface area contributed by atoms with Crippen LogP contribution in [0.3, 0.4) is 0 Å². The molecule has 0 N–H and O–H groups in total. The third-order valence-electron chi connectivity index (χ3n) is 5.41. The Morgan fingerprint density at radius 1 is 1.06 bits per heavy atom. The first-order valence-electron chi connectivity index (χ1n) is 10.7. The largest absolute Gasteiger partial charge is 0.479 e. The van der Waals surface area contributed by atoms with Gasteiger partial charge in [0, 0.05) is 6.07 Å². The number of fused-ring (bicyclic) bond motifs is 1. The number of ether oxygens (including phenoxy) is 3. The van der Waals surface area contributed by atoms with Gasteiger partial charge in [-0.15, -0.1) is 0 Å². The van der Waals surface area contributed by atoms with E-state index in [2.05, 4.69) is 0 Å². The summed E-state index contributed by atoms with van der Waals surface area (Å²) in [7, 11) is 0. The summed E-state index contributed by atoms with van der Waals surface area (Å²) in [5.74, 6) is 0.722. The Bertz CT molecular complexity index is 1130. The Labute approximate surface area is 180 Å². The fourth-order valence-corrected chi connectivity index (χ4v) is 3.74. The molecule has 0 unspecified atom stereocenters. The third-order valence-corrected chi connectivity index (χ3v) is 5.41. The molecule has 3 aromatic rings. The lowest BCUT2D eigenvalue weighted by atomic mass is 9.98. The van der Waals surface area contributed by atoms with E-state index in [1.807, 2.05) is 25.1 Å². The molecule has 2 aromatic carbocycles. The highest BCUT2D eigenvalue weighted by Crippen LogP contribution is 2.26. The molecule has 1 aromatic heterocycles. The van der Waals surface area contributed by atoms with Gasteiger partial charge in [0.1, 0.15) is 29.4 Å². The van der Waals surface area contributed by atoms with Crippen LogP contribution in [0.2, 0.25) is 0 Å². The van der Waals surface area contributed by atoms with Crippen molar-refractivity contribution in [1.82, 2.24) is 0 Å². The number of hydrogen-bond donors (Lipinski definition) is 0. The molecule has 1 atom stereocenters. The van der Waals surface area contributed by atoms with Crippen molar-refractivity contribution in [2.45, 2.75) is 58.2 Å². The quantitative estimate of drug-likeness (QED) is 0.486. The summed E-state index contributed by atoms with van der Waals surface area (Å²) in [4.78, 5) is 25.1. The van der Waals surface area contributed by atoms with Crippen molar-refractivity contribution in [3.05, 3.63) is 64.5 Å². The second-order valence-corrected chi connectivity index (χ2v) is 7.96. The fraction of sp³-hybridized carbons (Fsp3) is 0.360. The zero-order valence-corrected chi connectivity index (χ0v) is 17.8. The smallest absolute Gasteiger partial charge is 0.347 e. The van der Waals surface area contributed by atoms with Crippen molar-refractivity contribution in [1.29, 1.82) is 0 Å². The van der Waals surface area contributed by atoms with E-state index in [0.29, 0.717) is 22.5 Å². The number of aryl methyl sites for hydroxylation is 1. The Kier molecular flexibility index (Phi) is 6.26. The van der Waals surface area contributed by atoms with Gasteiger partial charge in [-0.3, -0.25) is 4.79 Å². The van der Waals surface area contributed by atoms with Crippen LogP contribution in [0.1, 0.15) is 44.6 Å². The van der Waals surface area contributed by atoms with Crippen LogP contribution in [-0.4, -0.2) is 18.2 Å². The van der Waals surface area contributed by atoms with E-state index >= 15 is 0 Å². The molecule has 1 saturated carbocycles. The molecule has 0 spiro atoms. The summed E-state index contributed by atoms with van der Waals surface area (Å²) in [5.41, 5.74) is 1.10. The molecule has 162 valence electrons. The number of carbonyl (C=O) groups is 1. The second-order valence-electron chi connectivity index (χ2n) is 7.96. The Morgan fingerprint density at radius 3 is 2.65 bits per heavy atom. The molecule has 0 amide bonds. The zero-order valence-electron chi connectivity index (χ0n) is 17.8. The van der Waals surface area contributed by atoms with Crippen LogP contribution in [0.25, 0.3) is 11.0 Å². The maximum absolute atomic E-state index is 12.8. The summed E-state index contributed by atoms with van der Waals surface area (Å²) in [6.07, 6.45) is 5.71. The SMILES string of the molecule is Cc1cccc(Oc2coc3cc(O[C@@H](C)C(=O)OC4CCCCC4)ccc3c2=O)c1. The fourth-order valence-electron chi connectivity index (χ4n) is 3.74. The minimum atomic E-state index is -0.755. The van der Waals surface area contributed by atoms with Crippen molar-refractivity contribution < 1.29 is 23.4 Å². The monoisotopic (exact) mass is 422 g/mol. The van der Waals surface area contributed by atoms with E-state index in [0.717, 1.165) is 31.2 Å². The maximum atomic E-state index is 12.8. The molecule has 4 rings (SSSR count). The molecule has 1 aliphatic rings. The molecular formula is C25H26O6. The highest BCUT2D eigenvalue weighted by molar-refractivity contribution is 5.79. The summed E-state index contributed by atoms with van der Waals surface area (Å²) < 4.78 is 22.6. The molecule has 0 saturated heterocycles. The number of hydrogen-bond acceptors (Lipinski definition) is 6. The topological polar surface area (TPSA) is 75.0 Å². The van der Waals surface area contributed by atoms with Crippen LogP contribution in [0.4, 0.5) is 0 Å². The van der Waals surface area contributed by atoms with Gasteiger partial charge in [-0.1, -0.05) is 18.6 Å². The highest BCUT2D eigenvalue weighted by Gasteiger charge is 2.23. The van der Waals surface area contributed by atoms with Crippen LogP contribution in [-0.2, 0) is 9.53 Å². The van der Waals surface area contributed by atoms with Gasteiger partial charge < -0.3 is 18.6 Å². The van der Waals surface area contributed by atoms with E-state index in [1.165, 1.54) is 12.7 Å². The van der Waals surface area contributed by atoms with Gasteiger partial charge >= 0.3 is 5.97 Å². The molecule has 6 heteroatoms. The first-order chi connectivity index (χ1) is 15.0. The first kappa shape index (κ1) is 21.0. The minimum Gasteiger partial charge on any atom is -0.479 e. The van der Waals surface area contributed by atoms with Crippen molar-refractivity contribution in [3.63, 3.8) is 0 Å². The van der Waals surface area contributed by atoms with Crippen LogP contribution in [0.15, 0.2) is 57.9 Å². The minimum absolute atomic E-state index is 0.0197. The van der Waals surface area contributed by atoms with E-state index in [4.69, 9.17) is 18.6 Å². The van der Waals surface area contributed by atoms with Crippen LogP contribution in [0.5, 0.6) is 17.2 Å². The number of carbonyl (C=O) groups excluding carboxylic acids is 1. The Hall–Kier alpha value is -3.28. The predicted octanol–water partition coefficient (Wildman–Crippen LogP) is 5.54. The molecule has 0 aliphatic heterocycles. The molecule has 31 heavy (non-hydrogen) atoms. The first-order valence-corrected chi connectivity index (χ1v) is 10.7. The summed E-state index contributed by atoms with van der Waals surface area (Å²) >= 11 is 0. The van der Waals surface area contributed by atoms with E-state index in [-0.39, 0.29) is 23.3 Å². The molecule has 1 aliphatic carbocycles. The van der Waals surface area contributed by atoms with Crippen LogP contribution in [0, 0.1) is 6.92 Å². The highest BCUT2D eigenvalue weighted by atomic mass is 16.6. The van der Waals surface area contributed by atoms with Gasteiger partial charge in [0.2, 0.25) is 11.2 Å². The molecule has 6 nitrogen and oxygen atoms in total. The lowest BCUT2D eigenvalue weighted by Crippen LogP contribution is -2.31. The summed E-state index contributed by atoms with van der Waals surface area (Å²) in [5, 5.41) is 0.370. The van der Waals surface area contributed by atoms with Crippen molar-refractivity contribution in [3.8, 4) is 17.2 Å². The van der Waals surface area contributed by atoms with Crippen LogP contribution >= 0.6 is 0 Å². The average Bonchev–Trinajstić information content (AvgIpc) is 2.76. The normalized spacial score (nSPS) is 15.4. The number of esters is 1. The van der Waals surface area contributed by atoms with Gasteiger partial charge in [0.25, 0.3) is 0 Å². The summed E-state index contributed by atoms with van der Waals surface area (Å²) in [6, 6.07) is 12.3. The van der Waals surface area contributed by atoms with E-state index < -0.39 is 6.10 Å². The predicted molar refractivity (Wildman–Crippen MR) is 117 cm³/mol. The lowest BCUT2D eigenvalue weighted by Gasteiger charge is -2.23. The van der Waals surface area contributed by atoms with E-state index in [1.54, 1.807) is 31.2 Å². The molecule has 0 radical (unpaired) electrons. The summed E-state index contributed by atoms with van der Waals surface area (Å²) in [6.45, 7) is 3.60. The van der Waals surface area contributed by atoms with Gasteiger partial charge in [0.15, 0.2) is 6.10 Å². The van der Waals surface area contributed by atoms with Gasteiger partial charge in [-0.05, 0) is 69.4 Å². The average molecular weight is 422 g/mol. The van der Waals surface area contributed by atoms with Gasteiger partial charge in [-0.25, -0.2) is 4.79 Å². The lowest BCUT2D eigenvalue weighted by molar-refractivity contribution is -0.158. The molecule has 0 bridgehead atoms. The standard InChI is InChI=1S/C25H26O6/c1-16-7-6-10-19(13-16)30-23-15-28-22-14-20(11-12-21(22)24(23)26)29-17(2)25(27)31-18-8-4-3-5-9-18/h6-7,10-15,17-18H,3-5,8-9H2,1-2H3/t17-/m0/s1. The number of benzene rings is 2. The van der Waals surface area contributed by atoms with E-state index in [9.17, 15) is 9.59 Å². The second kappa shape index (κ2) is 9.25. The molecule has 1 fully saturated rings.